The minimum Gasteiger partial charge on any atom is -0.462 e. The number of thiophene rings is 1. The van der Waals surface area contributed by atoms with E-state index in [1.807, 2.05) is 38.1 Å². The van der Waals surface area contributed by atoms with Gasteiger partial charge in [-0.05, 0) is 63.4 Å². The normalized spacial score (nSPS) is 14.4. The second-order valence-electron chi connectivity index (χ2n) is 8.94. The maximum absolute atomic E-state index is 13.2. The SMILES string of the molecule is CCOC(=O)c1c(NC(=O)N2CCC(S(=O)(=O)c3ccc(Br)cc3)CC2)sc(C)c1-c1ccc(C)cc1. The van der Waals surface area contributed by atoms with E-state index in [4.69, 9.17) is 4.74 Å². The van der Waals surface area contributed by atoms with Crippen LogP contribution in [-0.4, -0.2) is 50.3 Å². The fraction of sp³-hybridized carbons (Fsp3) is 0.333. The van der Waals surface area contributed by atoms with E-state index in [0.717, 1.165) is 26.0 Å². The number of piperidine rings is 1. The summed E-state index contributed by atoms with van der Waals surface area (Å²) in [6.07, 6.45) is 0.684. The number of benzene rings is 2. The minimum atomic E-state index is -3.49. The number of ether oxygens (including phenoxy) is 1. The first kappa shape index (κ1) is 27.3. The number of nitrogens with one attached hydrogen (secondary N) is 1. The first-order valence-corrected chi connectivity index (χ1v) is 15.2. The molecule has 0 atom stereocenters. The lowest BCUT2D eigenvalue weighted by atomic mass is 10.0. The van der Waals surface area contributed by atoms with Gasteiger partial charge in [0, 0.05) is 28.0 Å². The van der Waals surface area contributed by atoms with Crippen molar-refractivity contribution < 1.29 is 22.7 Å². The lowest BCUT2D eigenvalue weighted by Gasteiger charge is -2.31. The maximum Gasteiger partial charge on any atom is 0.341 e. The van der Waals surface area contributed by atoms with E-state index in [2.05, 4.69) is 21.2 Å². The van der Waals surface area contributed by atoms with Gasteiger partial charge in [-0.25, -0.2) is 18.0 Å². The van der Waals surface area contributed by atoms with Crippen LogP contribution in [0.4, 0.5) is 9.80 Å². The van der Waals surface area contributed by atoms with E-state index in [1.54, 1.807) is 36.1 Å². The number of likely N-dealkylation sites (tertiary alicyclic amines) is 1. The largest absolute Gasteiger partial charge is 0.462 e. The number of amides is 2. The molecular weight excluding hydrogens is 576 g/mol. The van der Waals surface area contributed by atoms with Crippen LogP contribution in [0.2, 0.25) is 0 Å². The third-order valence-corrected chi connectivity index (χ3v) is 10.3. The molecule has 7 nitrogen and oxygen atoms in total. The third-order valence-electron chi connectivity index (χ3n) is 6.43. The Morgan fingerprint density at radius 3 is 2.27 bits per heavy atom. The van der Waals surface area contributed by atoms with Crippen molar-refractivity contribution in [2.24, 2.45) is 0 Å². The van der Waals surface area contributed by atoms with Gasteiger partial charge in [-0.1, -0.05) is 45.8 Å². The summed E-state index contributed by atoms with van der Waals surface area (Å²) in [5.41, 5.74) is 3.07. The van der Waals surface area contributed by atoms with Crippen molar-refractivity contribution in [2.75, 3.05) is 25.0 Å². The molecule has 1 aliphatic heterocycles. The third kappa shape index (κ3) is 5.91. The van der Waals surface area contributed by atoms with Gasteiger partial charge in [0.05, 0.1) is 16.8 Å². The van der Waals surface area contributed by atoms with Gasteiger partial charge in [-0.15, -0.1) is 11.3 Å². The first-order valence-electron chi connectivity index (χ1n) is 12.0. The van der Waals surface area contributed by atoms with E-state index in [9.17, 15) is 18.0 Å². The van der Waals surface area contributed by atoms with Crippen LogP contribution < -0.4 is 5.32 Å². The molecule has 10 heteroatoms. The van der Waals surface area contributed by atoms with Crippen molar-refractivity contribution in [1.29, 1.82) is 0 Å². The lowest BCUT2D eigenvalue weighted by Crippen LogP contribution is -2.44. The van der Waals surface area contributed by atoms with Gasteiger partial charge in [-0.3, -0.25) is 5.32 Å². The minimum absolute atomic E-state index is 0.217. The average Bonchev–Trinajstić information content (AvgIpc) is 3.20. The van der Waals surface area contributed by atoms with Crippen LogP contribution in [0.15, 0.2) is 57.9 Å². The molecule has 2 heterocycles. The number of aryl methyl sites for hydroxylation is 2. The molecule has 2 amide bonds. The molecule has 1 aliphatic rings. The van der Waals surface area contributed by atoms with Crippen LogP contribution >= 0.6 is 27.3 Å². The van der Waals surface area contributed by atoms with E-state index in [-0.39, 0.29) is 17.5 Å². The molecule has 1 N–H and O–H groups in total. The summed E-state index contributed by atoms with van der Waals surface area (Å²) in [7, 11) is -3.49. The summed E-state index contributed by atoms with van der Waals surface area (Å²) < 4.78 is 32.3. The molecule has 0 unspecified atom stereocenters. The van der Waals surface area contributed by atoms with Crippen molar-refractivity contribution in [3.05, 3.63) is 69.0 Å². The van der Waals surface area contributed by atoms with Gasteiger partial charge < -0.3 is 9.64 Å². The van der Waals surface area contributed by atoms with Gasteiger partial charge >= 0.3 is 12.0 Å². The first-order chi connectivity index (χ1) is 17.6. The number of hydrogen-bond acceptors (Lipinski definition) is 6. The van der Waals surface area contributed by atoms with Crippen molar-refractivity contribution in [2.45, 2.75) is 43.8 Å². The Kier molecular flexibility index (Phi) is 8.40. The smallest absolute Gasteiger partial charge is 0.341 e. The maximum atomic E-state index is 13.2. The highest BCUT2D eigenvalue weighted by Crippen LogP contribution is 2.41. The highest BCUT2D eigenvalue weighted by molar-refractivity contribution is 9.10. The number of hydrogen-bond donors (Lipinski definition) is 1. The van der Waals surface area contributed by atoms with Crippen molar-refractivity contribution in [3.8, 4) is 11.1 Å². The second-order valence-corrected chi connectivity index (χ2v) is 13.3. The summed E-state index contributed by atoms with van der Waals surface area (Å²) >= 11 is 4.66. The zero-order chi connectivity index (χ0) is 26.7. The quantitative estimate of drug-likeness (QED) is 0.327. The zero-order valence-corrected chi connectivity index (χ0v) is 24.1. The van der Waals surface area contributed by atoms with Crippen molar-refractivity contribution >= 4 is 54.1 Å². The highest BCUT2D eigenvalue weighted by Gasteiger charge is 2.33. The van der Waals surface area contributed by atoms with Crippen LogP contribution in [0.1, 0.15) is 40.6 Å². The molecular formula is C27H29BrN2O5S2. The summed E-state index contributed by atoms with van der Waals surface area (Å²) in [4.78, 5) is 28.9. The topological polar surface area (TPSA) is 92.8 Å². The average molecular weight is 606 g/mol. The van der Waals surface area contributed by atoms with Gasteiger partial charge in [0.15, 0.2) is 9.84 Å². The molecule has 37 heavy (non-hydrogen) atoms. The summed E-state index contributed by atoms with van der Waals surface area (Å²) in [5, 5.41) is 2.78. The van der Waals surface area contributed by atoms with Crippen LogP contribution in [0, 0.1) is 13.8 Å². The molecule has 0 saturated carbocycles. The van der Waals surface area contributed by atoms with Crippen molar-refractivity contribution in [1.82, 2.24) is 4.90 Å². The summed E-state index contributed by atoms with van der Waals surface area (Å²) in [6, 6.07) is 14.1. The Balaban J connectivity index is 1.51. The Hall–Kier alpha value is -2.69. The number of rotatable bonds is 6. The summed E-state index contributed by atoms with van der Waals surface area (Å²) in [6.45, 7) is 6.47. The van der Waals surface area contributed by atoms with Crippen LogP contribution in [0.5, 0.6) is 0 Å². The van der Waals surface area contributed by atoms with E-state index in [1.165, 1.54) is 11.3 Å². The highest BCUT2D eigenvalue weighted by atomic mass is 79.9. The van der Waals surface area contributed by atoms with Gasteiger partial charge in [-0.2, -0.15) is 0 Å². The zero-order valence-electron chi connectivity index (χ0n) is 20.9. The number of carbonyl (C=O) groups excluding carboxylic acids is 2. The Morgan fingerprint density at radius 2 is 1.68 bits per heavy atom. The second kappa shape index (κ2) is 11.4. The number of nitrogens with zero attached hydrogens (tertiary/aromatic N) is 1. The molecule has 2 aromatic carbocycles. The number of urea groups is 1. The molecule has 4 rings (SSSR count). The van der Waals surface area contributed by atoms with Gasteiger partial charge in [0.1, 0.15) is 10.6 Å². The Bertz CT molecular complexity index is 1390. The molecule has 1 saturated heterocycles. The van der Waals surface area contributed by atoms with Gasteiger partial charge in [0.2, 0.25) is 0 Å². The van der Waals surface area contributed by atoms with Crippen LogP contribution in [0.25, 0.3) is 11.1 Å². The molecule has 3 aromatic rings. The molecule has 196 valence electrons. The number of carbonyl (C=O) groups is 2. The number of halogens is 1. The number of esters is 1. The fourth-order valence-corrected chi connectivity index (χ4v) is 7.51. The number of anilines is 1. The van der Waals surface area contributed by atoms with E-state index in [0.29, 0.717) is 36.5 Å². The number of sulfone groups is 1. The van der Waals surface area contributed by atoms with Crippen molar-refractivity contribution in [3.63, 3.8) is 0 Å². The molecule has 0 spiro atoms. The van der Waals surface area contributed by atoms with Crippen LogP contribution in [-0.2, 0) is 14.6 Å². The summed E-state index contributed by atoms with van der Waals surface area (Å²) in [5.74, 6) is -0.489. The molecule has 0 aliphatic carbocycles. The fourth-order valence-electron chi connectivity index (χ4n) is 4.46. The van der Waals surface area contributed by atoms with E-state index < -0.39 is 21.1 Å². The van der Waals surface area contributed by atoms with E-state index >= 15 is 0 Å². The molecule has 1 fully saturated rings. The standard InChI is InChI=1S/C27H29BrN2O5S2/c1-4-35-26(31)24-23(19-7-5-17(2)6-8-19)18(3)36-25(24)29-27(32)30-15-13-22(14-16-30)37(33,34)21-11-9-20(28)10-12-21/h5-12,22H,4,13-16H2,1-3H3,(H,29,32). The molecule has 0 radical (unpaired) electrons. The predicted molar refractivity (Wildman–Crippen MR) is 150 cm³/mol. The molecule has 1 aromatic heterocycles. The lowest BCUT2D eigenvalue weighted by molar-refractivity contribution is 0.0529. The predicted octanol–water partition coefficient (Wildman–Crippen LogP) is 6.44. The monoisotopic (exact) mass is 604 g/mol. The van der Waals surface area contributed by atoms with Gasteiger partial charge in [0.25, 0.3) is 0 Å². The molecule has 0 bridgehead atoms. The van der Waals surface area contributed by atoms with Crippen LogP contribution in [0.3, 0.4) is 0 Å². The Labute approximate surface area is 229 Å². The Morgan fingerprint density at radius 1 is 1.05 bits per heavy atom.